The third-order valence-corrected chi connectivity index (χ3v) is 6.02. The van der Waals surface area contributed by atoms with Crippen LogP contribution in [-0.2, 0) is 14.3 Å². The number of piperazine rings is 1. The van der Waals surface area contributed by atoms with Gasteiger partial charge in [-0.15, -0.1) is 0 Å². The lowest BCUT2D eigenvalue weighted by atomic mass is 10.2. The van der Waals surface area contributed by atoms with Gasteiger partial charge in [0.2, 0.25) is 5.91 Å². The van der Waals surface area contributed by atoms with Crippen LogP contribution in [0.25, 0.3) is 6.08 Å². The Labute approximate surface area is 202 Å². The first-order chi connectivity index (χ1) is 16.0. The maximum absolute atomic E-state index is 13.8. The number of thioether (sulfide) groups is 1. The fraction of sp³-hybridized carbons (Fsp3) is 0.478. The highest BCUT2D eigenvalue weighted by molar-refractivity contribution is 8.18. The van der Waals surface area contributed by atoms with E-state index in [1.807, 2.05) is 25.7 Å². The fourth-order valence-corrected chi connectivity index (χ4v) is 4.26. The van der Waals surface area contributed by atoms with Crippen LogP contribution in [0.1, 0.15) is 26.3 Å². The standard InChI is InChI=1S/C23H29FN4O5S/c1-23(2,3)33-21(31)27-12-10-26(11-13-27)15-19(29)25-8-9-28-20(30)18(34-22(28)32)14-16-6-4-5-7-17(16)24/h4-7,14H,8-13,15H2,1-3H3,(H,25,29). The van der Waals surface area contributed by atoms with Crippen LogP contribution >= 0.6 is 11.8 Å². The van der Waals surface area contributed by atoms with Gasteiger partial charge in [0.1, 0.15) is 11.4 Å². The van der Waals surface area contributed by atoms with Crippen LogP contribution in [0.3, 0.4) is 0 Å². The molecular weight excluding hydrogens is 463 g/mol. The van der Waals surface area contributed by atoms with Gasteiger partial charge in [0.25, 0.3) is 11.1 Å². The van der Waals surface area contributed by atoms with Gasteiger partial charge in [0, 0.05) is 44.8 Å². The minimum Gasteiger partial charge on any atom is -0.444 e. The van der Waals surface area contributed by atoms with Crippen LogP contribution in [0.4, 0.5) is 14.0 Å². The number of hydrogen-bond donors (Lipinski definition) is 1. The summed E-state index contributed by atoms with van der Waals surface area (Å²) in [6.45, 7) is 7.74. The van der Waals surface area contributed by atoms with Crippen molar-refractivity contribution >= 4 is 41.0 Å². The van der Waals surface area contributed by atoms with E-state index in [4.69, 9.17) is 4.74 Å². The van der Waals surface area contributed by atoms with Crippen LogP contribution in [0.15, 0.2) is 29.2 Å². The first kappa shape index (κ1) is 25.7. The van der Waals surface area contributed by atoms with Gasteiger partial charge in [0.15, 0.2) is 0 Å². The maximum atomic E-state index is 13.8. The predicted molar refractivity (Wildman–Crippen MR) is 126 cm³/mol. The van der Waals surface area contributed by atoms with Crippen molar-refractivity contribution in [2.24, 2.45) is 0 Å². The zero-order valence-electron chi connectivity index (χ0n) is 19.5. The lowest BCUT2D eigenvalue weighted by Gasteiger charge is -2.35. The summed E-state index contributed by atoms with van der Waals surface area (Å²) in [4.78, 5) is 53.9. The van der Waals surface area contributed by atoms with E-state index in [1.165, 1.54) is 18.2 Å². The van der Waals surface area contributed by atoms with Crippen molar-refractivity contribution in [3.8, 4) is 0 Å². The van der Waals surface area contributed by atoms with E-state index in [9.17, 15) is 23.6 Å². The zero-order chi connectivity index (χ0) is 24.9. The predicted octanol–water partition coefficient (Wildman–Crippen LogP) is 2.53. The molecule has 2 aliphatic heterocycles. The van der Waals surface area contributed by atoms with Crippen LogP contribution in [0.5, 0.6) is 0 Å². The van der Waals surface area contributed by atoms with E-state index in [0.717, 1.165) is 16.7 Å². The summed E-state index contributed by atoms with van der Waals surface area (Å²) >= 11 is 0.747. The van der Waals surface area contributed by atoms with Gasteiger partial charge in [-0.05, 0) is 44.7 Å². The normalized spacial score (nSPS) is 18.5. The first-order valence-corrected chi connectivity index (χ1v) is 11.8. The van der Waals surface area contributed by atoms with E-state index in [1.54, 1.807) is 17.0 Å². The Bertz CT molecular complexity index is 986. The summed E-state index contributed by atoms with van der Waals surface area (Å²) in [6.07, 6.45) is 0.994. The Kier molecular flexibility index (Phi) is 8.32. The molecule has 0 bridgehead atoms. The molecule has 1 aromatic carbocycles. The lowest BCUT2D eigenvalue weighted by Crippen LogP contribution is -2.52. The van der Waals surface area contributed by atoms with Crippen molar-refractivity contribution in [1.29, 1.82) is 0 Å². The highest BCUT2D eigenvalue weighted by Crippen LogP contribution is 2.32. The molecule has 9 nitrogen and oxygen atoms in total. The van der Waals surface area contributed by atoms with Gasteiger partial charge in [-0.2, -0.15) is 0 Å². The van der Waals surface area contributed by atoms with Gasteiger partial charge < -0.3 is 15.0 Å². The van der Waals surface area contributed by atoms with Crippen LogP contribution < -0.4 is 5.32 Å². The number of ether oxygens (including phenoxy) is 1. The Balaban J connectivity index is 1.41. The minimum atomic E-state index is -0.557. The molecule has 0 aromatic heterocycles. The van der Waals surface area contributed by atoms with Gasteiger partial charge >= 0.3 is 6.09 Å². The van der Waals surface area contributed by atoms with Gasteiger partial charge in [-0.3, -0.25) is 24.2 Å². The SMILES string of the molecule is CC(C)(C)OC(=O)N1CCN(CC(=O)NCCN2C(=O)SC(=Cc3ccccc3F)C2=O)CC1. The molecule has 2 fully saturated rings. The topological polar surface area (TPSA) is 99.3 Å². The molecule has 4 amide bonds. The monoisotopic (exact) mass is 492 g/mol. The molecule has 0 radical (unpaired) electrons. The van der Waals surface area contributed by atoms with Gasteiger partial charge in [0.05, 0.1) is 11.4 Å². The number of imide groups is 1. The molecule has 0 atom stereocenters. The average Bonchev–Trinajstić information content (AvgIpc) is 3.02. The Morgan fingerprint density at radius 2 is 1.82 bits per heavy atom. The first-order valence-electron chi connectivity index (χ1n) is 11.0. The van der Waals surface area contributed by atoms with Crippen molar-refractivity contribution in [3.05, 3.63) is 40.6 Å². The molecule has 2 heterocycles. The smallest absolute Gasteiger partial charge is 0.410 e. The molecule has 1 N–H and O–H groups in total. The van der Waals surface area contributed by atoms with Gasteiger partial charge in [-0.25, -0.2) is 9.18 Å². The number of rotatable bonds is 6. The lowest BCUT2D eigenvalue weighted by molar-refractivity contribution is -0.125. The zero-order valence-corrected chi connectivity index (χ0v) is 20.3. The molecule has 0 aliphatic carbocycles. The number of amides is 4. The molecule has 3 rings (SSSR count). The summed E-state index contributed by atoms with van der Waals surface area (Å²) in [7, 11) is 0. The second kappa shape index (κ2) is 11.0. The molecule has 0 spiro atoms. The quantitative estimate of drug-likeness (QED) is 0.610. The summed E-state index contributed by atoms with van der Waals surface area (Å²) in [5.74, 6) is -1.22. The number of nitrogens with one attached hydrogen (secondary N) is 1. The molecular formula is C23H29FN4O5S. The molecule has 184 valence electrons. The summed E-state index contributed by atoms with van der Waals surface area (Å²) in [6, 6.07) is 5.99. The van der Waals surface area contributed by atoms with Crippen molar-refractivity contribution in [1.82, 2.24) is 20.0 Å². The molecule has 34 heavy (non-hydrogen) atoms. The van der Waals surface area contributed by atoms with E-state index in [-0.39, 0.29) is 42.1 Å². The molecule has 0 unspecified atom stereocenters. The van der Waals surface area contributed by atoms with Crippen LogP contribution in [0.2, 0.25) is 0 Å². The van der Waals surface area contributed by atoms with E-state index < -0.39 is 22.6 Å². The Morgan fingerprint density at radius 1 is 1.15 bits per heavy atom. The second-order valence-electron chi connectivity index (χ2n) is 8.95. The molecule has 11 heteroatoms. The van der Waals surface area contributed by atoms with Gasteiger partial charge in [-0.1, -0.05) is 18.2 Å². The van der Waals surface area contributed by atoms with Crippen molar-refractivity contribution < 1.29 is 28.3 Å². The third kappa shape index (κ3) is 7.04. The minimum absolute atomic E-state index is 0.0252. The number of benzene rings is 1. The number of carbonyl (C=O) groups excluding carboxylic acids is 4. The van der Waals surface area contributed by atoms with Crippen LogP contribution in [-0.4, -0.2) is 89.3 Å². The molecule has 0 saturated carbocycles. The summed E-state index contributed by atoms with van der Waals surface area (Å²) in [5.41, 5.74) is -0.327. The van der Waals surface area contributed by atoms with E-state index in [2.05, 4.69) is 5.32 Å². The summed E-state index contributed by atoms with van der Waals surface area (Å²) in [5, 5.41) is 2.26. The largest absolute Gasteiger partial charge is 0.444 e. The number of halogens is 1. The van der Waals surface area contributed by atoms with Crippen LogP contribution in [0, 0.1) is 5.82 Å². The van der Waals surface area contributed by atoms with E-state index in [0.29, 0.717) is 26.2 Å². The van der Waals surface area contributed by atoms with Crippen molar-refractivity contribution in [3.63, 3.8) is 0 Å². The number of hydrogen-bond acceptors (Lipinski definition) is 7. The molecule has 2 aliphatic rings. The molecule has 1 aromatic rings. The number of carbonyl (C=O) groups is 4. The van der Waals surface area contributed by atoms with Crippen molar-refractivity contribution in [2.75, 3.05) is 45.8 Å². The summed E-state index contributed by atoms with van der Waals surface area (Å²) < 4.78 is 19.2. The highest BCUT2D eigenvalue weighted by Gasteiger charge is 2.35. The molecule has 2 saturated heterocycles. The van der Waals surface area contributed by atoms with E-state index >= 15 is 0 Å². The number of nitrogens with zero attached hydrogens (tertiary/aromatic N) is 3. The maximum Gasteiger partial charge on any atom is 0.410 e. The average molecular weight is 493 g/mol. The third-order valence-electron chi connectivity index (χ3n) is 5.11. The Morgan fingerprint density at radius 3 is 2.47 bits per heavy atom. The Hall–Kier alpha value is -2.92. The van der Waals surface area contributed by atoms with Crippen molar-refractivity contribution in [2.45, 2.75) is 26.4 Å². The highest BCUT2D eigenvalue weighted by atomic mass is 32.2. The second-order valence-corrected chi connectivity index (χ2v) is 9.94. The fourth-order valence-electron chi connectivity index (χ4n) is 3.41.